The molecule has 0 saturated carbocycles. The maximum Gasteiger partial charge on any atom is 0.397 e. The SMILES string of the molecule is CCCCCCCCCC/C=C\CCCCCCCCCCCCCC(=O)OC(COCCCCCCCCCCCCCCCCCCCCCCC)COC1OC(CO)C(O)C(OS(=O)(=O)O)C1O. The first-order valence-electron chi connectivity index (χ1n) is 29.9. The van der Waals surface area contributed by atoms with Gasteiger partial charge in [-0.15, -0.1) is 0 Å². The predicted molar refractivity (Wildman–Crippen MR) is 290 cm³/mol. The Balaban J connectivity index is 2.27. The molecule has 71 heavy (non-hydrogen) atoms. The second-order valence-corrected chi connectivity index (χ2v) is 22.0. The standard InChI is InChI=1S/C58H112O12S/c1-3-5-7-9-11-13-15-17-19-21-23-25-26-27-29-31-33-35-37-39-41-43-45-47-54(60)68-52(51-67-58-56(62)57(70-71(63,64)65)55(61)53(49-59)69-58)50-66-48-46-44-42-40-38-36-34-32-30-28-24-22-20-18-16-14-12-10-8-6-4-2/h21,23,52-53,55-59,61-62H,3-20,22,24-51H2,1-2H3,(H,63,64,65)/b23-21-. The van der Waals surface area contributed by atoms with Crippen molar-refractivity contribution in [3.63, 3.8) is 0 Å². The number of unbranched alkanes of at least 4 members (excludes halogenated alkanes) is 39. The summed E-state index contributed by atoms with van der Waals surface area (Å²) in [5.41, 5.74) is 0. The van der Waals surface area contributed by atoms with Crippen molar-refractivity contribution < 1.29 is 56.2 Å². The Kier molecular flexibility index (Phi) is 47.5. The van der Waals surface area contributed by atoms with E-state index in [1.54, 1.807) is 0 Å². The van der Waals surface area contributed by atoms with Crippen LogP contribution in [0.1, 0.15) is 290 Å². The number of ether oxygens (including phenoxy) is 4. The lowest BCUT2D eigenvalue weighted by Gasteiger charge is -2.41. The van der Waals surface area contributed by atoms with Gasteiger partial charge in [-0.3, -0.25) is 9.35 Å². The quantitative estimate of drug-likeness (QED) is 0.0196. The second kappa shape index (κ2) is 49.7. The lowest BCUT2D eigenvalue weighted by Crippen LogP contribution is -2.60. The number of hydrogen-bond acceptors (Lipinski definition) is 11. The summed E-state index contributed by atoms with van der Waals surface area (Å²) in [6.07, 6.45) is 49.7. The van der Waals surface area contributed by atoms with Crippen LogP contribution in [0.5, 0.6) is 0 Å². The Morgan fingerprint density at radius 2 is 0.887 bits per heavy atom. The van der Waals surface area contributed by atoms with Crippen LogP contribution in [-0.4, -0.2) is 97.5 Å². The number of aliphatic hydroxyl groups excluding tert-OH is 3. The number of allylic oxidation sites excluding steroid dienone is 2. The van der Waals surface area contributed by atoms with Gasteiger partial charge in [0.25, 0.3) is 0 Å². The molecule has 1 rings (SSSR count). The lowest BCUT2D eigenvalue weighted by atomic mass is 9.99. The number of hydrogen-bond donors (Lipinski definition) is 4. The molecule has 13 heteroatoms. The minimum absolute atomic E-state index is 0.0429. The zero-order chi connectivity index (χ0) is 51.7. The topological polar surface area (TPSA) is 178 Å². The number of esters is 1. The number of aliphatic hydroxyl groups is 3. The van der Waals surface area contributed by atoms with Crippen LogP contribution in [0.3, 0.4) is 0 Å². The molecule has 0 aromatic heterocycles. The zero-order valence-corrected chi connectivity index (χ0v) is 46.6. The van der Waals surface area contributed by atoms with Gasteiger partial charge in [-0.1, -0.05) is 257 Å². The monoisotopic (exact) mass is 1030 g/mol. The van der Waals surface area contributed by atoms with E-state index in [1.807, 2.05) is 0 Å². The summed E-state index contributed by atoms with van der Waals surface area (Å²) in [5.74, 6) is -0.392. The Labute approximate surface area is 436 Å². The van der Waals surface area contributed by atoms with Gasteiger partial charge < -0.3 is 34.3 Å². The average Bonchev–Trinajstić information content (AvgIpc) is 3.35. The third-order valence-electron chi connectivity index (χ3n) is 14.1. The number of carbonyl (C=O) groups excluding carboxylic acids is 1. The molecule has 6 atom stereocenters. The summed E-state index contributed by atoms with van der Waals surface area (Å²) in [5, 5.41) is 30.9. The Bertz CT molecular complexity index is 1280. The largest absolute Gasteiger partial charge is 0.457 e. The average molecular weight is 1030 g/mol. The third-order valence-corrected chi connectivity index (χ3v) is 14.6. The summed E-state index contributed by atoms with van der Waals surface area (Å²) in [6.45, 7) is 4.07. The Hall–Kier alpha value is -1.16. The van der Waals surface area contributed by atoms with Gasteiger partial charge in [0.1, 0.15) is 30.5 Å². The predicted octanol–water partition coefficient (Wildman–Crippen LogP) is 14.9. The highest BCUT2D eigenvalue weighted by atomic mass is 32.3. The molecule has 1 saturated heterocycles. The number of rotatable bonds is 54. The normalized spacial score (nSPS) is 19.0. The molecule has 0 bridgehead atoms. The van der Waals surface area contributed by atoms with E-state index in [0.717, 1.165) is 38.5 Å². The van der Waals surface area contributed by atoms with Crippen LogP contribution >= 0.6 is 0 Å². The van der Waals surface area contributed by atoms with Crippen LogP contribution < -0.4 is 0 Å². The van der Waals surface area contributed by atoms with E-state index < -0.39 is 59.8 Å². The molecule has 0 aliphatic carbocycles. The molecular weight excluding hydrogens is 921 g/mol. The van der Waals surface area contributed by atoms with Crippen molar-refractivity contribution in [1.29, 1.82) is 0 Å². The van der Waals surface area contributed by atoms with Crippen molar-refractivity contribution in [2.45, 2.75) is 327 Å². The smallest absolute Gasteiger partial charge is 0.397 e. The summed E-state index contributed by atoms with van der Waals surface area (Å²) >= 11 is 0. The van der Waals surface area contributed by atoms with Gasteiger partial charge in [0.05, 0.1) is 19.8 Å². The van der Waals surface area contributed by atoms with Gasteiger partial charge in [-0.25, -0.2) is 4.18 Å². The molecule has 0 aromatic carbocycles. The van der Waals surface area contributed by atoms with Crippen LogP contribution in [0.2, 0.25) is 0 Å². The minimum atomic E-state index is -5.06. The molecule has 0 radical (unpaired) electrons. The van der Waals surface area contributed by atoms with Gasteiger partial charge in [-0.05, 0) is 38.5 Å². The maximum absolute atomic E-state index is 13.0. The Morgan fingerprint density at radius 1 is 0.521 bits per heavy atom. The molecule has 1 aliphatic heterocycles. The molecule has 1 heterocycles. The van der Waals surface area contributed by atoms with E-state index in [2.05, 4.69) is 30.2 Å². The molecule has 0 aromatic rings. The van der Waals surface area contributed by atoms with Crippen molar-refractivity contribution in [2.24, 2.45) is 0 Å². The van der Waals surface area contributed by atoms with Gasteiger partial charge in [0, 0.05) is 13.0 Å². The molecule has 4 N–H and O–H groups in total. The highest BCUT2D eigenvalue weighted by molar-refractivity contribution is 7.80. The fourth-order valence-electron chi connectivity index (χ4n) is 9.61. The molecule has 422 valence electrons. The summed E-state index contributed by atoms with van der Waals surface area (Å²) < 4.78 is 59.5. The van der Waals surface area contributed by atoms with Crippen molar-refractivity contribution in [3.05, 3.63) is 12.2 Å². The van der Waals surface area contributed by atoms with Gasteiger partial charge >= 0.3 is 16.4 Å². The van der Waals surface area contributed by atoms with Crippen molar-refractivity contribution in [1.82, 2.24) is 0 Å². The van der Waals surface area contributed by atoms with Gasteiger partial charge in [-0.2, -0.15) is 8.42 Å². The molecule has 0 amide bonds. The van der Waals surface area contributed by atoms with E-state index in [-0.39, 0.29) is 19.6 Å². The van der Waals surface area contributed by atoms with E-state index in [1.165, 1.54) is 225 Å². The van der Waals surface area contributed by atoms with Crippen LogP contribution in [0.4, 0.5) is 0 Å². The molecule has 12 nitrogen and oxygen atoms in total. The van der Waals surface area contributed by atoms with E-state index in [4.69, 9.17) is 18.9 Å². The van der Waals surface area contributed by atoms with Crippen LogP contribution in [-0.2, 0) is 38.3 Å². The lowest BCUT2D eigenvalue weighted by molar-refractivity contribution is -0.301. The highest BCUT2D eigenvalue weighted by Gasteiger charge is 2.48. The van der Waals surface area contributed by atoms with Crippen LogP contribution in [0.15, 0.2) is 12.2 Å². The summed E-state index contributed by atoms with van der Waals surface area (Å²) in [7, 11) is -5.06. The molecule has 1 fully saturated rings. The van der Waals surface area contributed by atoms with Gasteiger partial charge in [0.15, 0.2) is 6.29 Å². The molecule has 0 spiro atoms. The van der Waals surface area contributed by atoms with Crippen molar-refractivity contribution in [3.8, 4) is 0 Å². The van der Waals surface area contributed by atoms with Gasteiger partial charge in [0.2, 0.25) is 0 Å². The second-order valence-electron chi connectivity index (χ2n) is 20.9. The van der Waals surface area contributed by atoms with Crippen molar-refractivity contribution in [2.75, 3.05) is 26.4 Å². The van der Waals surface area contributed by atoms with E-state index in [0.29, 0.717) is 13.0 Å². The number of carbonyl (C=O) groups is 1. The first kappa shape index (κ1) is 67.9. The van der Waals surface area contributed by atoms with Crippen molar-refractivity contribution >= 4 is 16.4 Å². The fraction of sp³-hybridized carbons (Fsp3) is 0.948. The first-order valence-corrected chi connectivity index (χ1v) is 31.3. The maximum atomic E-state index is 13.0. The highest BCUT2D eigenvalue weighted by Crippen LogP contribution is 2.26. The molecular formula is C58H112O12S. The van der Waals surface area contributed by atoms with Crippen LogP contribution in [0.25, 0.3) is 0 Å². The van der Waals surface area contributed by atoms with Crippen LogP contribution in [0, 0.1) is 0 Å². The van der Waals surface area contributed by atoms with E-state index in [9.17, 15) is 33.1 Å². The fourth-order valence-corrected chi connectivity index (χ4v) is 10.1. The minimum Gasteiger partial charge on any atom is -0.457 e. The Morgan fingerprint density at radius 3 is 1.27 bits per heavy atom. The van der Waals surface area contributed by atoms with E-state index >= 15 is 0 Å². The molecule has 1 aliphatic rings. The zero-order valence-electron chi connectivity index (χ0n) is 45.8. The summed E-state index contributed by atoms with van der Waals surface area (Å²) in [4.78, 5) is 13.0. The third kappa shape index (κ3) is 42.7. The molecule has 6 unspecified atom stereocenters. The first-order chi connectivity index (χ1) is 34.6. The summed E-state index contributed by atoms with van der Waals surface area (Å²) in [6, 6.07) is 0.